The zero-order valence-corrected chi connectivity index (χ0v) is 16.6. The third kappa shape index (κ3) is 3.46. The lowest BCUT2D eigenvalue weighted by Gasteiger charge is -2.38. The number of phenolic OH excluding ortho intramolecular Hbond substituents is 1. The number of alkyl halides is 1. The number of rotatable bonds is 4. The third-order valence-electron chi connectivity index (χ3n) is 6.75. The van der Waals surface area contributed by atoms with E-state index in [0.717, 1.165) is 37.9 Å². The van der Waals surface area contributed by atoms with Gasteiger partial charge in [0.2, 0.25) is 0 Å². The summed E-state index contributed by atoms with van der Waals surface area (Å²) in [7, 11) is 1.89. The number of aromatic nitrogens is 2. The Labute approximate surface area is 170 Å². The van der Waals surface area contributed by atoms with E-state index in [2.05, 4.69) is 15.3 Å². The molecule has 3 saturated heterocycles. The maximum atomic E-state index is 14.8. The minimum absolute atomic E-state index is 0.0471. The molecule has 7 heteroatoms. The van der Waals surface area contributed by atoms with E-state index < -0.39 is 6.17 Å². The van der Waals surface area contributed by atoms with Crippen LogP contribution in [0, 0.1) is 0 Å². The summed E-state index contributed by atoms with van der Waals surface area (Å²) in [6.07, 6.45) is 6.13. The van der Waals surface area contributed by atoms with Gasteiger partial charge < -0.3 is 20.1 Å². The Bertz CT molecular complexity index is 872. The average molecular weight is 398 g/mol. The van der Waals surface area contributed by atoms with E-state index in [4.69, 9.17) is 4.74 Å². The molecule has 3 fully saturated rings. The fourth-order valence-electron chi connectivity index (χ4n) is 4.98. The number of ether oxygens (including phenoxy) is 1. The Morgan fingerprint density at radius 1 is 1.21 bits per heavy atom. The van der Waals surface area contributed by atoms with Crippen LogP contribution in [-0.2, 0) is 4.74 Å². The Morgan fingerprint density at radius 3 is 2.83 bits per heavy atom. The lowest BCUT2D eigenvalue weighted by molar-refractivity contribution is 0.176. The van der Waals surface area contributed by atoms with Gasteiger partial charge in [0.15, 0.2) is 0 Å². The average Bonchev–Trinajstić information content (AvgIpc) is 3.41. The van der Waals surface area contributed by atoms with Crippen molar-refractivity contribution in [2.75, 3.05) is 25.2 Å². The highest BCUT2D eigenvalue weighted by molar-refractivity contribution is 5.67. The van der Waals surface area contributed by atoms with Gasteiger partial charge >= 0.3 is 0 Å². The Morgan fingerprint density at radius 2 is 2.10 bits per heavy atom. The SMILES string of the molecule is CN(c1cnc(-c2ccc([C@H]3CCOC3)cc2O)cn1)[C@@H]1CC2CCC(N2)[C@@H]1F. The second-order valence-corrected chi connectivity index (χ2v) is 8.50. The fraction of sp³-hybridized carbons (Fsp3) is 0.545. The van der Waals surface area contributed by atoms with Gasteiger partial charge in [-0.25, -0.2) is 9.37 Å². The van der Waals surface area contributed by atoms with Crippen LogP contribution in [0.25, 0.3) is 11.3 Å². The molecule has 2 N–H and O–H groups in total. The summed E-state index contributed by atoms with van der Waals surface area (Å²) in [5.74, 6) is 1.19. The number of hydrogen-bond donors (Lipinski definition) is 2. The van der Waals surface area contributed by atoms with E-state index in [1.165, 1.54) is 0 Å². The summed E-state index contributed by atoms with van der Waals surface area (Å²) >= 11 is 0. The van der Waals surface area contributed by atoms with E-state index >= 15 is 0 Å². The van der Waals surface area contributed by atoms with Crippen LogP contribution >= 0.6 is 0 Å². The smallest absolute Gasteiger partial charge is 0.147 e. The lowest BCUT2D eigenvalue weighted by Crippen LogP contribution is -2.55. The van der Waals surface area contributed by atoms with Crippen molar-refractivity contribution in [3.8, 4) is 17.0 Å². The van der Waals surface area contributed by atoms with E-state index in [1.807, 2.05) is 24.1 Å². The van der Waals surface area contributed by atoms with Gasteiger partial charge in [-0.1, -0.05) is 6.07 Å². The summed E-state index contributed by atoms with van der Waals surface area (Å²) in [4.78, 5) is 10.9. The molecule has 0 saturated carbocycles. The fourth-order valence-corrected chi connectivity index (χ4v) is 4.98. The summed E-state index contributed by atoms with van der Waals surface area (Å²) in [6.45, 7) is 1.47. The van der Waals surface area contributed by atoms with Crippen molar-refractivity contribution < 1.29 is 14.2 Å². The number of fused-ring (bicyclic) bond motifs is 2. The molecule has 0 amide bonds. The quantitative estimate of drug-likeness (QED) is 0.825. The molecule has 5 atom stereocenters. The Hall–Kier alpha value is -2.25. The van der Waals surface area contributed by atoms with Crippen LogP contribution in [0.4, 0.5) is 10.2 Å². The van der Waals surface area contributed by atoms with Crippen molar-refractivity contribution in [1.82, 2.24) is 15.3 Å². The predicted molar refractivity (Wildman–Crippen MR) is 109 cm³/mol. The molecule has 0 aliphatic carbocycles. The molecule has 3 aliphatic heterocycles. The van der Waals surface area contributed by atoms with Gasteiger partial charge in [0.05, 0.1) is 30.7 Å². The molecule has 3 aliphatic rings. The van der Waals surface area contributed by atoms with E-state index in [1.54, 1.807) is 18.5 Å². The molecule has 4 heterocycles. The molecule has 6 nitrogen and oxygen atoms in total. The highest BCUT2D eigenvalue weighted by Crippen LogP contribution is 2.35. The maximum absolute atomic E-state index is 14.8. The third-order valence-corrected chi connectivity index (χ3v) is 6.75. The van der Waals surface area contributed by atoms with Crippen molar-refractivity contribution in [2.24, 2.45) is 0 Å². The van der Waals surface area contributed by atoms with Gasteiger partial charge in [0.25, 0.3) is 0 Å². The largest absolute Gasteiger partial charge is 0.507 e. The van der Waals surface area contributed by atoms with E-state index in [0.29, 0.717) is 35.6 Å². The minimum atomic E-state index is -0.906. The van der Waals surface area contributed by atoms with Crippen molar-refractivity contribution >= 4 is 5.82 Å². The van der Waals surface area contributed by atoms with Crippen LogP contribution < -0.4 is 10.2 Å². The molecule has 2 bridgehead atoms. The summed E-state index contributed by atoms with van der Waals surface area (Å²) in [5.41, 5.74) is 2.34. The molecule has 1 aromatic carbocycles. The Balaban J connectivity index is 1.33. The van der Waals surface area contributed by atoms with Gasteiger partial charge in [0.1, 0.15) is 17.7 Å². The van der Waals surface area contributed by atoms with Gasteiger partial charge in [-0.3, -0.25) is 4.98 Å². The first-order chi connectivity index (χ1) is 14.1. The highest BCUT2D eigenvalue weighted by Gasteiger charge is 2.43. The number of hydrogen-bond acceptors (Lipinski definition) is 6. The van der Waals surface area contributed by atoms with Crippen molar-refractivity contribution in [1.29, 1.82) is 0 Å². The molecular weight excluding hydrogens is 371 g/mol. The van der Waals surface area contributed by atoms with Crippen LogP contribution in [0.1, 0.15) is 37.2 Å². The number of piperidine rings is 1. The van der Waals surface area contributed by atoms with Gasteiger partial charge in [-0.15, -0.1) is 0 Å². The first-order valence-electron chi connectivity index (χ1n) is 10.5. The number of benzene rings is 1. The molecular formula is C22H27FN4O2. The zero-order chi connectivity index (χ0) is 20.0. The molecule has 0 radical (unpaired) electrons. The van der Waals surface area contributed by atoms with Crippen molar-refractivity contribution in [2.45, 2.75) is 55.9 Å². The summed E-state index contributed by atoms with van der Waals surface area (Å²) < 4.78 is 20.3. The molecule has 2 unspecified atom stereocenters. The van der Waals surface area contributed by atoms with E-state index in [9.17, 15) is 9.50 Å². The van der Waals surface area contributed by atoms with Crippen molar-refractivity contribution in [3.63, 3.8) is 0 Å². The predicted octanol–water partition coefficient (Wildman–Crippen LogP) is 3.02. The first kappa shape index (κ1) is 18.8. The standard InChI is InChI=1S/C22H27FN4O2/c1-27(19-9-15-3-5-17(26-15)22(19)23)21-11-24-18(10-25-21)16-4-2-13(8-20(16)28)14-6-7-29-12-14/h2,4,8,10-11,14-15,17,19,22,26,28H,3,5-7,9,12H2,1H3/t14-,15?,17?,19+,22-/m0/s1. The van der Waals surface area contributed by atoms with Crippen LogP contribution in [0.5, 0.6) is 5.75 Å². The van der Waals surface area contributed by atoms with Crippen LogP contribution in [0.3, 0.4) is 0 Å². The van der Waals surface area contributed by atoms with Gasteiger partial charge in [-0.2, -0.15) is 0 Å². The number of phenols is 1. The van der Waals surface area contributed by atoms with Crippen LogP contribution in [0.15, 0.2) is 30.6 Å². The van der Waals surface area contributed by atoms with Crippen LogP contribution in [0.2, 0.25) is 0 Å². The Kier molecular flexibility index (Phi) is 4.87. The molecule has 2 aromatic rings. The number of anilines is 1. The number of nitrogens with zero attached hydrogens (tertiary/aromatic N) is 3. The van der Waals surface area contributed by atoms with Crippen molar-refractivity contribution in [3.05, 3.63) is 36.2 Å². The number of halogens is 1. The number of aromatic hydroxyl groups is 1. The van der Waals surface area contributed by atoms with E-state index in [-0.39, 0.29) is 17.8 Å². The second-order valence-electron chi connectivity index (χ2n) is 8.50. The first-order valence-corrected chi connectivity index (χ1v) is 10.5. The van der Waals surface area contributed by atoms with Crippen LogP contribution in [-0.4, -0.2) is 59.6 Å². The molecule has 1 aromatic heterocycles. The topological polar surface area (TPSA) is 70.5 Å². The minimum Gasteiger partial charge on any atom is -0.507 e. The monoisotopic (exact) mass is 398 g/mol. The van der Waals surface area contributed by atoms with Gasteiger partial charge in [0, 0.05) is 37.2 Å². The molecule has 154 valence electrons. The molecule has 5 rings (SSSR count). The maximum Gasteiger partial charge on any atom is 0.147 e. The lowest BCUT2D eigenvalue weighted by atomic mass is 9.96. The molecule has 29 heavy (non-hydrogen) atoms. The number of nitrogens with one attached hydrogen (secondary N) is 1. The second kappa shape index (κ2) is 7.54. The summed E-state index contributed by atoms with van der Waals surface area (Å²) in [5, 5.41) is 13.9. The normalized spacial score (nSPS) is 31.2. The molecule has 0 spiro atoms. The highest BCUT2D eigenvalue weighted by atomic mass is 19.1. The summed E-state index contributed by atoms with van der Waals surface area (Å²) in [6, 6.07) is 5.87. The zero-order valence-electron chi connectivity index (χ0n) is 16.6. The van der Waals surface area contributed by atoms with Gasteiger partial charge in [-0.05, 0) is 43.4 Å².